The zero-order valence-corrected chi connectivity index (χ0v) is 13.2. The van der Waals surface area contributed by atoms with Crippen LogP contribution in [0.15, 0.2) is 18.2 Å². The molecule has 0 fully saturated rings. The Bertz CT molecular complexity index is 576. The first-order valence-corrected chi connectivity index (χ1v) is 7.68. The summed E-state index contributed by atoms with van der Waals surface area (Å²) in [4.78, 5) is 4.87. The molecule has 2 rings (SSSR count). The first-order chi connectivity index (χ1) is 9.47. The molecule has 1 aromatic carbocycles. The fourth-order valence-electron chi connectivity index (χ4n) is 2.75. The molecule has 0 atom stereocenters. The number of imidazole rings is 1. The first kappa shape index (κ1) is 15.0. The van der Waals surface area contributed by atoms with E-state index in [1.807, 2.05) is 0 Å². The van der Waals surface area contributed by atoms with Crippen LogP contribution in [0.1, 0.15) is 58.3 Å². The fraction of sp³-hybridized carbons (Fsp3) is 0.588. The molecule has 2 aromatic rings. The molecule has 110 valence electrons. The summed E-state index contributed by atoms with van der Waals surface area (Å²) in [6.07, 6.45) is 4.77. The highest BCUT2D eigenvalue weighted by Crippen LogP contribution is 2.26. The van der Waals surface area contributed by atoms with Gasteiger partial charge in [-0.15, -0.1) is 0 Å². The van der Waals surface area contributed by atoms with E-state index >= 15 is 0 Å². The van der Waals surface area contributed by atoms with E-state index in [1.165, 1.54) is 30.6 Å². The number of aromatic nitrogens is 2. The van der Waals surface area contributed by atoms with Gasteiger partial charge in [0.25, 0.3) is 0 Å². The van der Waals surface area contributed by atoms with Crippen molar-refractivity contribution in [2.45, 2.75) is 65.5 Å². The van der Waals surface area contributed by atoms with Gasteiger partial charge in [-0.2, -0.15) is 0 Å². The van der Waals surface area contributed by atoms with Gasteiger partial charge in [-0.3, -0.25) is 0 Å². The Balaban J connectivity index is 2.48. The predicted octanol–water partition coefficient (Wildman–Crippen LogP) is 3.98. The highest BCUT2D eigenvalue weighted by Gasteiger charge is 2.21. The van der Waals surface area contributed by atoms with Gasteiger partial charge in [-0.1, -0.05) is 25.8 Å². The maximum Gasteiger partial charge on any atom is 0.110 e. The minimum atomic E-state index is 0.0561. The molecule has 0 unspecified atom stereocenters. The third-order valence-corrected chi connectivity index (χ3v) is 3.70. The van der Waals surface area contributed by atoms with Gasteiger partial charge in [0.05, 0.1) is 11.0 Å². The Morgan fingerprint density at radius 1 is 1.20 bits per heavy atom. The number of nitrogens with zero attached hydrogens (tertiary/aromatic N) is 2. The topological polar surface area (TPSA) is 43.8 Å². The Morgan fingerprint density at radius 3 is 2.55 bits per heavy atom. The van der Waals surface area contributed by atoms with Crippen molar-refractivity contribution in [3.05, 3.63) is 29.6 Å². The largest absolute Gasteiger partial charge is 0.326 e. The molecule has 3 nitrogen and oxygen atoms in total. The number of nitrogens with two attached hydrogens (primary N) is 1. The summed E-state index contributed by atoms with van der Waals surface area (Å²) in [5, 5.41) is 0. The van der Waals surface area contributed by atoms with Gasteiger partial charge in [-0.05, 0) is 44.9 Å². The number of unbranched alkanes of at least 4 members (excludes halogenated alkanes) is 2. The van der Waals surface area contributed by atoms with E-state index in [-0.39, 0.29) is 5.54 Å². The molecule has 2 N–H and O–H groups in total. The lowest BCUT2D eigenvalue weighted by atomic mass is 10.1. The van der Waals surface area contributed by atoms with E-state index in [2.05, 4.69) is 50.5 Å². The van der Waals surface area contributed by atoms with Crippen molar-refractivity contribution in [3.8, 4) is 0 Å². The van der Waals surface area contributed by atoms with Crippen LogP contribution in [0, 0.1) is 0 Å². The Kier molecular flexibility index (Phi) is 4.48. The lowest BCUT2D eigenvalue weighted by Crippen LogP contribution is -2.24. The zero-order valence-electron chi connectivity index (χ0n) is 13.2. The summed E-state index contributed by atoms with van der Waals surface area (Å²) >= 11 is 0. The van der Waals surface area contributed by atoms with Crippen molar-refractivity contribution in [1.29, 1.82) is 0 Å². The average Bonchev–Trinajstić information content (AvgIpc) is 2.75. The maximum absolute atomic E-state index is 5.74. The second kappa shape index (κ2) is 5.96. The van der Waals surface area contributed by atoms with E-state index < -0.39 is 0 Å². The van der Waals surface area contributed by atoms with E-state index in [0.29, 0.717) is 6.54 Å². The van der Waals surface area contributed by atoms with E-state index in [9.17, 15) is 0 Å². The molecular formula is C17H27N3. The van der Waals surface area contributed by atoms with Crippen LogP contribution in [0.4, 0.5) is 0 Å². The summed E-state index contributed by atoms with van der Waals surface area (Å²) < 4.78 is 2.39. The quantitative estimate of drug-likeness (QED) is 0.837. The molecule has 0 saturated carbocycles. The molecule has 0 bridgehead atoms. The molecule has 0 amide bonds. The summed E-state index contributed by atoms with van der Waals surface area (Å²) in [5.41, 5.74) is 9.24. The van der Waals surface area contributed by atoms with Crippen LogP contribution in [-0.2, 0) is 18.5 Å². The smallest absolute Gasteiger partial charge is 0.110 e. The number of rotatable bonds is 5. The standard InChI is InChI=1S/C17H27N3/c1-5-6-7-8-16-19-14-11-13(12-18)9-10-15(14)20(16)17(2,3)4/h9-11H,5-8,12,18H2,1-4H3. The Labute approximate surface area is 122 Å². The minimum absolute atomic E-state index is 0.0561. The molecule has 0 radical (unpaired) electrons. The fourth-order valence-corrected chi connectivity index (χ4v) is 2.75. The van der Waals surface area contributed by atoms with E-state index in [0.717, 1.165) is 17.5 Å². The summed E-state index contributed by atoms with van der Waals surface area (Å²) in [6.45, 7) is 9.54. The van der Waals surface area contributed by atoms with Crippen LogP contribution in [0.3, 0.4) is 0 Å². The van der Waals surface area contributed by atoms with Crippen LogP contribution in [0.2, 0.25) is 0 Å². The molecule has 0 aliphatic heterocycles. The van der Waals surface area contributed by atoms with Gasteiger partial charge in [0, 0.05) is 18.5 Å². The average molecular weight is 273 g/mol. The molecular weight excluding hydrogens is 246 g/mol. The van der Waals surface area contributed by atoms with Crippen molar-refractivity contribution in [3.63, 3.8) is 0 Å². The number of benzene rings is 1. The zero-order chi connectivity index (χ0) is 14.8. The summed E-state index contributed by atoms with van der Waals surface area (Å²) in [6, 6.07) is 6.40. The maximum atomic E-state index is 5.74. The van der Waals surface area contributed by atoms with Crippen LogP contribution in [0.25, 0.3) is 11.0 Å². The minimum Gasteiger partial charge on any atom is -0.326 e. The lowest BCUT2D eigenvalue weighted by Gasteiger charge is -2.24. The van der Waals surface area contributed by atoms with Crippen LogP contribution >= 0.6 is 0 Å². The molecule has 1 aromatic heterocycles. The van der Waals surface area contributed by atoms with E-state index in [4.69, 9.17) is 10.7 Å². The summed E-state index contributed by atoms with van der Waals surface area (Å²) in [5.74, 6) is 1.20. The number of aryl methyl sites for hydroxylation is 1. The number of fused-ring (bicyclic) bond motifs is 1. The van der Waals surface area contributed by atoms with Crippen molar-refractivity contribution in [2.75, 3.05) is 0 Å². The highest BCUT2D eigenvalue weighted by atomic mass is 15.1. The highest BCUT2D eigenvalue weighted by molar-refractivity contribution is 5.77. The molecule has 1 heterocycles. The van der Waals surface area contributed by atoms with E-state index in [1.54, 1.807) is 0 Å². The van der Waals surface area contributed by atoms with Gasteiger partial charge in [0.15, 0.2) is 0 Å². The molecule has 0 saturated heterocycles. The number of hydrogen-bond acceptors (Lipinski definition) is 2. The van der Waals surface area contributed by atoms with Crippen LogP contribution < -0.4 is 5.73 Å². The second-order valence-electron chi connectivity index (χ2n) is 6.52. The van der Waals surface area contributed by atoms with Crippen molar-refractivity contribution >= 4 is 11.0 Å². The Morgan fingerprint density at radius 2 is 1.95 bits per heavy atom. The molecule has 20 heavy (non-hydrogen) atoms. The lowest BCUT2D eigenvalue weighted by molar-refractivity contribution is 0.392. The van der Waals surface area contributed by atoms with Gasteiger partial charge in [-0.25, -0.2) is 4.98 Å². The monoisotopic (exact) mass is 273 g/mol. The van der Waals surface area contributed by atoms with Crippen molar-refractivity contribution < 1.29 is 0 Å². The van der Waals surface area contributed by atoms with Crippen LogP contribution in [-0.4, -0.2) is 9.55 Å². The van der Waals surface area contributed by atoms with Crippen molar-refractivity contribution in [1.82, 2.24) is 9.55 Å². The molecule has 0 spiro atoms. The Hall–Kier alpha value is -1.35. The van der Waals surface area contributed by atoms with Crippen molar-refractivity contribution in [2.24, 2.45) is 5.73 Å². The van der Waals surface area contributed by atoms with Crippen LogP contribution in [0.5, 0.6) is 0 Å². The van der Waals surface area contributed by atoms with Gasteiger partial charge < -0.3 is 10.3 Å². The second-order valence-corrected chi connectivity index (χ2v) is 6.52. The first-order valence-electron chi connectivity index (χ1n) is 7.68. The normalized spacial score (nSPS) is 12.2. The molecule has 0 aliphatic rings. The SMILES string of the molecule is CCCCCc1nc2cc(CN)ccc2n1C(C)(C)C. The molecule has 0 aliphatic carbocycles. The number of hydrogen-bond donors (Lipinski definition) is 1. The molecule has 3 heteroatoms. The summed E-state index contributed by atoms with van der Waals surface area (Å²) in [7, 11) is 0. The van der Waals surface area contributed by atoms with Gasteiger partial charge >= 0.3 is 0 Å². The third-order valence-electron chi connectivity index (χ3n) is 3.70. The third kappa shape index (κ3) is 3.04. The predicted molar refractivity (Wildman–Crippen MR) is 85.8 cm³/mol. The van der Waals surface area contributed by atoms with Gasteiger partial charge in [0.2, 0.25) is 0 Å². The van der Waals surface area contributed by atoms with Gasteiger partial charge in [0.1, 0.15) is 5.82 Å².